The molecule has 0 heterocycles. The molecule has 236 valence electrons. The summed E-state index contributed by atoms with van der Waals surface area (Å²) in [5.41, 5.74) is 0. The third kappa shape index (κ3) is 23.2. The molecule has 0 radical (unpaired) electrons. The van der Waals surface area contributed by atoms with Crippen molar-refractivity contribution in [1.29, 1.82) is 0 Å². The maximum Gasteiger partial charge on any atom is 0.0509 e. The zero-order valence-corrected chi connectivity index (χ0v) is 28.6. The molecule has 0 bridgehead atoms. The second-order valence-electron chi connectivity index (χ2n) is 13.4. The highest BCUT2D eigenvalue weighted by molar-refractivity contribution is 4.75. The van der Waals surface area contributed by atoms with Crippen molar-refractivity contribution in [2.75, 3.05) is 41.4 Å². The molecule has 0 fully saturated rings. The predicted octanol–water partition coefficient (Wildman–Crippen LogP) is 10.8. The van der Waals surface area contributed by atoms with Gasteiger partial charge in [-0.15, -0.1) is 0 Å². The molecule has 0 spiro atoms. The molecule has 0 aliphatic carbocycles. The Balaban J connectivity index is 4.32. The van der Waals surface area contributed by atoms with Crippen LogP contribution >= 0.6 is 0 Å². The minimum Gasteiger partial charge on any atom is -0.381 e. The quantitative estimate of drug-likeness (QED) is 0.0824. The van der Waals surface area contributed by atoms with Crippen LogP contribution in [0.5, 0.6) is 0 Å². The SMILES string of the molecule is CCCCCCCCCCCCC(COCC(CCCCCCCCCCCC)C(C)N(C)C)C(C)N(C)C. The van der Waals surface area contributed by atoms with Crippen molar-refractivity contribution in [2.45, 2.75) is 181 Å². The molecule has 0 aromatic carbocycles. The van der Waals surface area contributed by atoms with Gasteiger partial charge >= 0.3 is 0 Å². The van der Waals surface area contributed by atoms with Gasteiger partial charge in [-0.1, -0.05) is 142 Å². The predicted molar refractivity (Wildman–Crippen MR) is 177 cm³/mol. The van der Waals surface area contributed by atoms with Gasteiger partial charge in [0.2, 0.25) is 0 Å². The van der Waals surface area contributed by atoms with E-state index >= 15 is 0 Å². The van der Waals surface area contributed by atoms with E-state index in [1.54, 1.807) is 0 Å². The second-order valence-corrected chi connectivity index (χ2v) is 13.4. The fourth-order valence-corrected chi connectivity index (χ4v) is 5.93. The van der Waals surface area contributed by atoms with E-state index in [2.05, 4.69) is 65.7 Å². The van der Waals surface area contributed by atoms with E-state index in [0.717, 1.165) is 13.2 Å². The second kappa shape index (κ2) is 28.0. The molecule has 0 saturated heterocycles. The largest absolute Gasteiger partial charge is 0.381 e. The smallest absolute Gasteiger partial charge is 0.0509 e. The summed E-state index contributed by atoms with van der Waals surface area (Å²) < 4.78 is 6.53. The van der Waals surface area contributed by atoms with Crippen molar-refractivity contribution in [3.05, 3.63) is 0 Å². The molecule has 0 N–H and O–H groups in total. The third-order valence-electron chi connectivity index (χ3n) is 9.51. The number of hydrogen-bond acceptors (Lipinski definition) is 3. The summed E-state index contributed by atoms with van der Waals surface area (Å²) in [6.07, 6.45) is 30.9. The number of ether oxygens (including phenoxy) is 1. The molecule has 0 aromatic rings. The Kier molecular flexibility index (Phi) is 27.9. The highest BCUT2D eigenvalue weighted by Gasteiger charge is 2.22. The Morgan fingerprint density at radius 2 is 0.667 bits per heavy atom. The standard InChI is InChI=1S/C36H76N2O/c1-9-11-13-15-17-19-21-23-25-27-29-35(33(3)37(5)6)31-39-32-36(34(4)38(7)8)30-28-26-24-22-20-18-16-14-12-10-2/h33-36H,9-32H2,1-8H3. The van der Waals surface area contributed by atoms with Crippen molar-refractivity contribution in [2.24, 2.45) is 11.8 Å². The van der Waals surface area contributed by atoms with Gasteiger partial charge in [-0.2, -0.15) is 0 Å². The lowest BCUT2D eigenvalue weighted by molar-refractivity contribution is 0.0238. The van der Waals surface area contributed by atoms with Crippen molar-refractivity contribution in [3.8, 4) is 0 Å². The van der Waals surface area contributed by atoms with Gasteiger partial charge in [0.15, 0.2) is 0 Å². The summed E-state index contributed by atoms with van der Waals surface area (Å²) in [6.45, 7) is 11.2. The lowest BCUT2D eigenvalue weighted by Gasteiger charge is -2.32. The van der Waals surface area contributed by atoms with Gasteiger partial charge in [0, 0.05) is 12.1 Å². The van der Waals surface area contributed by atoms with Crippen LogP contribution in [0.25, 0.3) is 0 Å². The van der Waals surface area contributed by atoms with E-state index in [4.69, 9.17) is 4.74 Å². The van der Waals surface area contributed by atoms with Crippen LogP contribution in [0.4, 0.5) is 0 Å². The highest BCUT2D eigenvalue weighted by atomic mass is 16.5. The summed E-state index contributed by atoms with van der Waals surface area (Å²) in [4.78, 5) is 4.79. The zero-order chi connectivity index (χ0) is 29.1. The maximum atomic E-state index is 6.53. The molecule has 39 heavy (non-hydrogen) atoms. The topological polar surface area (TPSA) is 15.7 Å². The van der Waals surface area contributed by atoms with E-state index in [9.17, 15) is 0 Å². The molecule has 0 rings (SSSR count). The molecule has 0 saturated carbocycles. The van der Waals surface area contributed by atoms with Gasteiger partial charge in [0.05, 0.1) is 13.2 Å². The first kappa shape index (κ1) is 38.9. The third-order valence-corrected chi connectivity index (χ3v) is 9.51. The van der Waals surface area contributed by atoms with E-state index in [-0.39, 0.29) is 0 Å². The first-order chi connectivity index (χ1) is 18.8. The Hall–Kier alpha value is -0.120. The fourth-order valence-electron chi connectivity index (χ4n) is 5.93. The van der Waals surface area contributed by atoms with Gasteiger partial charge in [0.25, 0.3) is 0 Å². The first-order valence-electron chi connectivity index (χ1n) is 17.8. The Bertz CT molecular complexity index is 439. The minimum absolute atomic E-state index is 0.579. The normalized spacial score (nSPS) is 15.2. The summed E-state index contributed by atoms with van der Waals surface area (Å²) >= 11 is 0. The molecular weight excluding hydrogens is 476 g/mol. The van der Waals surface area contributed by atoms with Crippen molar-refractivity contribution < 1.29 is 4.74 Å². The van der Waals surface area contributed by atoms with Crippen LogP contribution in [0, 0.1) is 11.8 Å². The highest BCUT2D eigenvalue weighted by Crippen LogP contribution is 2.22. The van der Waals surface area contributed by atoms with Gasteiger partial charge in [-0.05, 0) is 66.7 Å². The lowest BCUT2D eigenvalue weighted by Crippen LogP contribution is -2.37. The van der Waals surface area contributed by atoms with E-state index in [1.807, 2.05) is 0 Å². The van der Waals surface area contributed by atoms with Crippen LogP contribution in [0.3, 0.4) is 0 Å². The van der Waals surface area contributed by atoms with E-state index in [1.165, 1.54) is 141 Å². The Morgan fingerprint density at radius 3 is 0.923 bits per heavy atom. The first-order valence-corrected chi connectivity index (χ1v) is 17.8. The van der Waals surface area contributed by atoms with Gasteiger partial charge in [-0.3, -0.25) is 0 Å². The minimum atomic E-state index is 0.579. The van der Waals surface area contributed by atoms with Crippen molar-refractivity contribution in [1.82, 2.24) is 9.80 Å². The van der Waals surface area contributed by atoms with E-state index in [0.29, 0.717) is 23.9 Å². The van der Waals surface area contributed by atoms with Crippen LogP contribution in [0.15, 0.2) is 0 Å². The van der Waals surface area contributed by atoms with Crippen LogP contribution in [0.1, 0.15) is 169 Å². The van der Waals surface area contributed by atoms with Gasteiger partial charge < -0.3 is 14.5 Å². The van der Waals surface area contributed by atoms with Crippen LogP contribution in [-0.2, 0) is 4.74 Å². The number of nitrogens with zero attached hydrogens (tertiary/aromatic N) is 2. The molecule has 0 amide bonds. The maximum absolute atomic E-state index is 6.53. The van der Waals surface area contributed by atoms with Crippen LogP contribution in [0.2, 0.25) is 0 Å². The van der Waals surface area contributed by atoms with Crippen molar-refractivity contribution in [3.63, 3.8) is 0 Å². The summed E-state index contributed by atoms with van der Waals surface area (Å²) in [7, 11) is 8.94. The van der Waals surface area contributed by atoms with Gasteiger partial charge in [0.1, 0.15) is 0 Å². The summed E-state index contributed by atoms with van der Waals surface area (Å²) in [5, 5.41) is 0. The van der Waals surface area contributed by atoms with Gasteiger partial charge in [-0.25, -0.2) is 0 Å². The van der Waals surface area contributed by atoms with Crippen molar-refractivity contribution >= 4 is 0 Å². The molecule has 0 aromatic heterocycles. The molecule has 0 aliphatic heterocycles. The molecule has 3 heteroatoms. The monoisotopic (exact) mass is 553 g/mol. The Morgan fingerprint density at radius 1 is 0.410 bits per heavy atom. The average molecular weight is 553 g/mol. The Labute approximate surface area is 248 Å². The van der Waals surface area contributed by atoms with E-state index < -0.39 is 0 Å². The number of hydrogen-bond donors (Lipinski definition) is 0. The fraction of sp³-hybridized carbons (Fsp3) is 1.00. The van der Waals surface area contributed by atoms with Crippen LogP contribution in [-0.4, -0.2) is 63.3 Å². The number of rotatable bonds is 30. The number of unbranched alkanes of at least 4 members (excludes halogenated alkanes) is 18. The molecular formula is C36H76N2O. The zero-order valence-electron chi connectivity index (χ0n) is 28.6. The van der Waals surface area contributed by atoms with Crippen LogP contribution < -0.4 is 0 Å². The molecule has 4 atom stereocenters. The lowest BCUT2D eigenvalue weighted by atomic mass is 9.92. The molecule has 3 nitrogen and oxygen atoms in total. The molecule has 0 aliphatic rings. The molecule has 4 unspecified atom stereocenters. The summed E-state index contributed by atoms with van der Waals surface area (Å²) in [6, 6.07) is 1.16. The average Bonchev–Trinajstić information content (AvgIpc) is 2.91. The summed E-state index contributed by atoms with van der Waals surface area (Å²) in [5.74, 6) is 1.28.